The molecule has 2 aromatic carbocycles. The maximum absolute atomic E-state index is 11.7. The van der Waals surface area contributed by atoms with Crippen molar-refractivity contribution in [2.45, 2.75) is 31.9 Å². The van der Waals surface area contributed by atoms with E-state index in [1.54, 1.807) is 5.01 Å². The average Bonchev–Trinajstić information content (AvgIpc) is 3.01. The lowest BCUT2D eigenvalue weighted by atomic mass is 9.86. The Bertz CT molecular complexity index is 1070. The van der Waals surface area contributed by atoms with Crippen molar-refractivity contribution in [3.63, 3.8) is 0 Å². The van der Waals surface area contributed by atoms with Gasteiger partial charge in [-0.3, -0.25) is 20.2 Å². The highest BCUT2D eigenvalue weighted by Gasteiger charge is 2.49. The molecule has 2 aliphatic rings. The lowest BCUT2D eigenvalue weighted by molar-refractivity contribution is -0.393. The number of hydrazone groups is 1. The molecule has 0 spiro atoms. The summed E-state index contributed by atoms with van der Waals surface area (Å²) in [5.41, 5.74) is 0.390. The number of hydrogen-bond acceptors (Lipinski definition) is 7. The number of ether oxygens (including phenoxy) is 1. The van der Waals surface area contributed by atoms with E-state index < -0.39 is 15.4 Å². The summed E-state index contributed by atoms with van der Waals surface area (Å²) in [4.78, 5) is 21.5. The van der Waals surface area contributed by atoms with Gasteiger partial charge in [-0.05, 0) is 31.6 Å². The highest BCUT2D eigenvalue weighted by atomic mass is 16.6. The Balaban J connectivity index is 1.89. The molecular formula is C20H18N4O5. The van der Waals surface area contributed by atoms with Gasteiger partial charge in [0, 0.05) is 12.5 Å². The smallest absolute Gasteiger partial charge is 0.301 e. The van der Waals surface area contributed by atoms with Crippen molar-refractivity contribution in [1.29, 1.82) is 0 Å². The van der Waals surface area contributed by atoms with Crippen LogP contribution in [-0.4, -0.2) is 27.2 Å². The standard InChI is InChI=1S/C20H18N4O5/c1-13-10-19-20(2,29-13)12-16(14-6-4-3-5-7-14)21-22(19)17-9-8-15(23(25)26)11-18(17)24(27)28/h3-11,19H,12H2,1-2H3. The Hall–Kier alpha value is -3.75. The summed E-state index contributed by atoms with van der Waals surface area (Å²) in [6, 6.07) is 12.7. The molecule has 4 rings (SSSR count). The first kappa shape index (κ1) is 18.6. The Kier molecular flexibility index (Phi) is 4.30. The maximum atomic E-state index is 11.7. The molecule has 0 fully saturated rings. The second-order valence-corrected chi connectivity index (χ2v) is 7.26. The molecular weight excluding hydrogens is 376 g/mol. The summed E-state index contributed by atoms with van der Waals surface area (Å²) >= 11 is 0. The fourth-order valence-electron chi connectivity index (χ4n) is 3.85. The van der Waals surface area contributed by atoms with Crippen LogP contribution in [0.1, 0.15) is 25.8 Å². The highest BCUT2D eigenvalue weighted by molar-refractivity contribution is 6.02. The Labute approximate surface area is 166 Å². The minimum atomic E-state index is -0.674. The third-order valence-corrected chi connectivity index (χ3v) is 5.14. The van der Waals surface area contributed by atoms with Crippen molar-refractivity contribution in [1.82, 2.24) is 0 Å². The molecule has 0 saturated heterocycles. The van der Waals surface area contributed by atoms with Gasteiger partial charge in [-0.2, -0.15) is 5.10 Å². The summed E-state index contributed by atoms with van der Waals surface area (Å²) in [6.07, 6.45) is 2.39. The van der Waals surface area contributed by atoms with Crippen LogP contribution in [0.25, 0.3) is 0 Å². The molecule has 2 heterocycles. The zero-order valence-corrected chi connectivity index (χ0v) is 15.8. The van der Waals surface area contributed by atoms with Crippen molar-refractivity contribution in [3.05, 3.63) is 86.2 Å². The predicted octanol–water partition coefficient (Wildman–Crippen LogP) is 4.18. The minimum Gasteiger partial charge on any atom is -0.489 e. The van der Waals surface area contributed by atoms with Gasteiger partial charge in [-0.25, -0.2) is 5.01 Å². The number of nitro groups is 2. The van der Waals surface area contributed by atoms with Crippen LogP contribution in [0.15, 0.2) is 65.5 Å². The number of anilines is 1. The van der Waals surface area contributed by atoms with Crippen LogP contribution >= 0.6 is 0 Å². The molecule has 9 heteroatoms. The molecule has 2 atom stereocenters. The SMILES string of the molecule is CC1=CC2N(c3ccc([N+](=O)[O-])cc3[N+](=O)[O-])N=C(c3ccccc3)CC2(C)O1. The molecule has 2 unspecified atom stereocenters. The van der Waals surface area contributed by atoms with Crippen molar-refractivity contribution in [2.75, 3.05) is 5.01 Å². The molecule has 0 radical (unpaired) electrons. The summed E-state index contributed by atoms with van der Waals surface area (Å²) < 4.78 is 6.08. The molecule has 29 heavy (non-hydrogen) atoms. The fourth-order valence-corrected chi connectivity index (χ4v) is 3.85. The molecule has 0 aliphatic carbocycles. The van der Waals surface area contributed by atoms with E-state index in [9.17, 15) is 20.2 Å². The monoisotopic (exact) mass is 394 g/mol. The average molecular weight is 394 g/mol. The molecule has 0 amide bonds. The number of non-ortho nitro benzene ring substituents is 1. The van der Waals surface area contributed by atoms with Crippen molar-refractivity contribution in [2.24, 2.45) is 5.10 Å². The Morgan fingerprint density at radius 1 is 1.14 bits per heavy atom. The topological polar surface area (TPSA) is 111 Å². The molecule has 2 aromatic rings. The second kappa shape index (κ2) is 6.69. The van der Waals surface area contributed by atoms with Gasteiger partial charge in [0.2, 0.25) is 0 Å². The summed E-state index contributed by atoms with van der Waals surface area (Å²) in [5.74, 6) is 0.705. The molecule has 9 nitrogen and oxygen atoms in total. The van der Waals surface area contributed by atoms with E-state index >= 15 is 0 Å². The van der Waals surface area contributed by atoms with E-state index in [4.69, 9.17) is 9.84 Å². The molecule has 148 valence electrons. The van der Waals surface area contributed by atoms with Crippen LogP contribution in [0.2, 0.25) is 0 Å². The molecule has 2 aliphatic heterocycles. The van der Waals surface area contributed by atoms with Crippen LogP contribution in [0.4, 0.5) is 17.1 Å². The van der Waals surface area contributed by atoms with Crippen LogP contribution < -0.4 is 5.01 Å². The summed E-state index contributed by atoms with van der Waals surface area (Å²) in [7, 11) is 0. The second-order valence-electron chi connectivity index (χ2n) is 7.26. The first-order chi connectivity index (χ1) is 13.8. The van der Waals surface area contributed by atoms with E-state index in [0.29, 0.717) is 12.2 Å². The van der Waals surface area contributed by atoms with Crippen molar-refractivity contribution in [3.8, 4) is 0 Å². The molecule has 0 bridgehead atoms. The highest BCUT2D eigenvalue weighted by Crippen LogP contribution is 2.44. The Morgan fingerprint density at radius 2 is 1.86 bits per heavy atom. The lowest BCUT2D eigenvalue weighted by Gasteiger charge is -2.41. The van der Waals surface area contributed by atoms with Crippen LogP contribution in [-0.2, 0) is 4.74 Å². The zero-order valence-electron chi connectivity index (χ0n) is 15.8. The minimum absolute atomic E-state index is 0.180. The third kappa shape index (κ3) is 3.20. The first-order valence-corrected chi connectivity index (χ1v) is 9.01. The van der Waals surface area contributed by atoms with Crippen LogP contribution in [0.3, 0.4) is 0 Å². The first-order valence-electron chi connectivity index (χ1n) is 9.01. The van der Waals surface area contributed by atoms with Gasteiger partial charge < -0.3 is 4.74 Å². The van der Waals surface area contributed by atoms with Crippen molar-refractivity contribution < 1.29 is 14.6 Å². The fraction of sp³-hybridized carbons (Fsp3) is 0.250. The number of benzene rings is 2. The molecule has 0 saturated carbocycles. The van der Waals surface area contributed by atoms with Crippen molar-refractivity contribution >= 4 is 22.8 Å². The number of rotatable bonds is 4. The van der Waals surface area contributed by atoms with E-state index in [1.807, 2.05) is 50.3 Å². The van der Waals surface area contributed by atoms with Crippen LogP contribution in [0.5, 0.6) is 0 Å². The van der Waals surface area contributed by atoms with Gasteiger partial charge in [0.1, 0.15) is 17.3 Å². The van der Waals surface area contributed by atoms with E-state index in [-0.39, 0.29) is 23.1 Å². The van der Waals surface area contributed by atoms with Gasteiger partial charge in [-0.1, -0.05) is 30.3 Å². The number of allylic oxidation sites excluding steroid dienone is 1. The number of nitro benzene ring substituents is 2. The molecule has 0 N–H and O–H groups in total. The quantitative estimate of drug-likeness (QED) is 0.568. The van der Waals surface area contributed by atoms with Gasteiger partial charge in [-0.15, -0.1) is 0 Å². The van der Waals surface area contributed by atoms with Crippen LogP contribution in [0, 0.1) is 20.2 Å². The summed E-state index contributed by atoms with van der Waals surface area (Å²) in [5, 5.41) is 29.0. The molecule has 0 aromatic heterocycles. The Morgan fingerprint density at radius 3 is 2.52 bits per heavy atom. The number of nitrogens with zero attached hydrogens (tertiary/aromatic N) is 4. The lowest BCUT2D eigenvalue weighted by Crippen LogP contribution is -2.52. The van der Waals surface area contributed by atoms with Gasteiger partial charge >= 0.3 is 5.69 Å². The number of fused-ring (bicyclic) bond motifs is 1. The third-order valence-electron chi connectivity index (χ3n) is 5.14. The van der Waals surface area contributed by atoms with E-state index in [0.717, 1.165) is 17.3 Å². The predicted molar refractivity (Wildman–Crippen MR) is 107 cm³/mol. The van der Waals surface area contributed by atoms with E-state index in [1.165, 1.54) is 12.1 Å². The van der Waals surface area contributed by atoms with Gasteiger partial charge in [0.25, 0.3) is 5.69 Å². The largest absolute Gasteiger partial charge is 0.489 e. The normalized spacial score (nSPS) is 23.0. The van der Waals surface area contributed by atoms with Gasteiger partial charge in [0.05, 0.1) is 27.4 Å². The summed E-state index contributed by atoms with van der Waals surface area (Å²) in [6.45, 7) is 3.76. The zero-order chi connectivity index (χ0) is 20.8. The van der Waals surface area contributed by atoms with Gasteiger partial charge in [0.15, 0.2) is 0 Å². The maximum Gasteiger partial charge on any atom is 0.301 e. The number of hydrogen-bond donors (Lipinski definition) is 0. The van der Waals surface area contributed by atoms with E-state index in [2.05, 4.69) is 0 Å².